The Morgan fingerprint density at radius 1 is 0.395 bits per heavy atom. The normalized spacial score (nSPS) is 29.0. The maximum atomic E-state index is 16.0. The van der Waals surface area contributed by atoms with Gasteiger partial charge >= 0.3 is 72.3 Å². The summed E-state index contributed by atoms with van der Waals surface area (Å²) in [5.41, 5.74) is -9.59. The van der Waals surface area contributed by atoms with Crippen LogP contribution in [0.1, 0.15) is 88.7 Å². The van der Waals surface area contributed by atoms with Gasteiger partial charge in [-0.15, -0.1) is 0 Å². The van der Waals surface area contributed by atoms with Gasteiger partial charge in [-0.25, -0.2) is 0 Å². The van der Waals surface area contributed by atoms with Crippen molar-refractivity contribution in [1.82, 2.24) is 29.9 Å². The van der Waals surface area contributed by atoms with Crippen molar-refractivity contribution < 1.29 is 115 Å². The van der Waals surface area contributed by atoms with Crippen LogP contribution in [0.5, 0.6) is 12.0 Å². The highest BCUT2D eigenvalue weighted by molar-refractivity contribution is 5.80. The molecule has 3 heterocycles. The lowest BCUT2D eigenvalue weighted by atomic mass is 9.49. The first-order valence-electron chi connectivity index (χ1n) is 24.9. The molecule has 8 aliphatic carbocycles. The zero-order valence-electron chi connectivity index (χ0n) is 41.1. The van der Waals surface area contributed by atoms with Crippen LogP contribution < -0.4 is 19.3 Å². The molecule has 0 saturated heterocycles. The van der Waals surface area contributed by atoms with E-state index >= 15 is 43.9 Å². The summed E-state index contributed by atoms with van der Waals surface area (Å²) >= 11 is 0. The van der Waals surface area contributed by atoms with Crippen molar-refractivity contribution in [3.05, 3.63) is 35.9 Å². The molecule has 450 valence electrons. The van der Waals surface area contributed by atoms with Gasteiger partial charge in [0.1, 0.15) is 11.6 Å². The van der Waals surface area contributed by atoms with Gasteiger partial charge in [-0.3, -0.25) is 0 Å². The van der Waals surface area contributed by atoms with Crippen molar-refractivity contribution in [1.29, 1.82) is 0 Å². The molecule has 3 aromatic rings. The van der Waals surface area contributed by atoms with E-state index in [-0.39, 0.29) is 83.8 Å². The fourth-order valence-electron chi connectivity index (χ4n) is 14.2. The van der Waals surface area contributed by atoms with Crippen molar-refractivity contribution in [3.8, 4) is 12.0 Å². The summed E-state index contributed by atoms with van der Waals surface area (Å²) in [5, 5.41) is 0. The zero-order valence-corrected chi connectivity index (χ0v) is 41.1. The summed E-state index contributed by atoms with van der Waals surface area (Å²) in [5.74, 6) is -47.2. The van der Waals surface area contributed by atoms with Crippen molar-refractivity contribution in [2.45, 2.75) is 148 Å². The number of aromatic nitrogens is 6. The third kappa shape index (κ3) is 9.35. The number of hydrogen-bond acceptors (Lipinski definition) is 10. The van der Waals surface area contributed by atoms with Crippen molar-refractivity contribution >= 4 is 23.3 Å². The molecular weight excluding hydrogens is 1160 g/mol. The Labute approximate surface area is 440 Å². The summed E-state index contributed by atoms with van der Waals surface area (Å²) < 4.78 is 358. The Morgan fingerprint density at radius 3 is 0.938 bits per heavy atom. The topological polar surface area (TPSA) is 102 Å². The molecule has 8 bridgehead atoms. The summed E-state index contributed by atoms with van der Waals surface area (Å²) in [6, 6.07) is 0.236. The molecule has 1 aromatic carbocycles. The van der Waals surface area contributed by atoms with Gasteiger partial charge in [-0.2, -0.15) is 135 Å². The second-order valence-electron chi connectivity index (χ2n) is 22.9. The number of fused-ring (bicyclic) bond motifs is 1. The molecule has 2 aromatic heterocycles. The van der Waals surface area contributed by atoms with Gasteiger partial charge in [0.05, 0.1) is 24.5 Å². The van der Waals surface area contributed by atoms with Crippen LogP contribution in [0.15, 0.2) is 24.3 Å². The number of alkyl halides is 24. The smallest absolute Gasteiger partial charge is 0.457 e. The van der Waals surface area contributed by atoms with Gasteiger partial charge in [0.2, 0.25) is 11.9 Å². The van der Waals surface area contributed by atoms with Crippen LogP contribution in [-0.4, -0.2) is 116 Å². The molecule has 0 atom stereocenters. The molecule has 12 rings (SSSR count). The Bertz CT molecular complexity index is 2630. The van der Waals surface area contributed by atoms with Gasteiger partial charge in [-0.05, 0) is 125 Å². The lowest BCUT2D eigenvalue weighted by Gasteiger charge is -2.55. The van der Waals surface area contributed by atoms with Crippen LogP contribution in [0.3, 0.4) is 0 Å². The summed E-state index contributed by atoms with van der Waals surface area (Å²) in [4.78, 5) is 23.7. The minimum atomic E-state index is -7.43. The zero-order chi connectivity index (χ0) is 59.5. The van der Waals surface area contributed by atoms with Crippen molar-refractivity contribution in [2.24, 2.45) is 40.9 Å². The standard InChI is InChI=1S/C47H42F24N8O2/c48-38(49,40(52,53)42(56,57)46(66,67)68)19-80-33-74-29(35-11-21-5-22(12-35)7-23(6-21)13-35)72-31(76-33)78-17-37(44(60,61)62,45(63,64)65)18-79(28-4-2-1-3-27(28)78)32-73-30(36-14-24-8-25(15-36)10-26(9-24)16-36)75-34(77-32)81-20-39(50,51)41(54,55)43(58,59)47(69,70)71/h1-4,21-26H,5-20H2. The first-order chi connectivity index (χ1) is 37.0. The van der Waals surface area contributed by atoms with E-state index in [2.05, 4.69) is 39.4 Å². The second-order valence-corrected chi connectivity index (χ2v) is 22.9. The average Bonchev–Trinajstić information content (AvgIpc) is 2.55. The molecule has 0 unspecified atom stereocenters. The Balaban J connectivity index is 1.14. The SMILES string of the molecule is FC(F)(F)C(F)(F)C(F)(F)C(F)(F)COc1nc(N2CC(C(F)(F)F)(C(F)(F)F)CN(c3nc(OCC(F)(F)C(F)(F)C(F)(F)C(F)(F)F)nc(C45CC6CC(CC(C6)C4)C5)n3)c3ccccc32)nc(C23CC4CC(CC(C4)C2)C3)n1. The fourth-order valence-corrected chi connectivity index (χ4v) is 14.2. The van der Waals surface area contributed by atoms with Crippen LogP contribution >= 0.6 is 0 Å². The summed E-state index contributed by atoms with van der Waals surface area (Å²) in [6.07, 6.45) is -23.2. The molecule has 8 fully saturated rings. The molecule has 34 heteroatoms. The lowest BCUT2D eigenvalue weighted by Crippen LogP contribution is -2.62. The van der Waals surface area contributed by atoms with Gasteiger partial charge < -0.3 is 19.3 Å². The van der Waals surface area contributed by atoms with Gasteiger partial charge in [0.25, 0.3) is 0 Å². The Morgan fingerprint density at radius 2 is 0.679 bits per heavy atom. The highest BCUT2D eigenvalue weighted by Gasteiger charge is 2.83. The minimum Gasteiger partial charge on any atom is -0.457 e. The number of halogens is 24. The van der Waals surface area contributed by atoms with Crippen molar-refractivity contribution in [3.63, 3.8) is 0 Å². The third-order valence-corrected chi connectivity index (χ3v) is 17.3. The van der Waals surface area contributed by atoms with E-state index < -0.39 is 150 Å². The van der Waals surface area contributed by atoms with Crippen LogP contribution in [-0.2, 0) is 10.8 Å². The monoisotopic (exact) mass is 1210 g/mol. The summed E-state index contributed by atoms with van der Waals surface area (Å²) in [6.45, 7) is -11.1. The van der Waals surface area contributed by atoms with E-state index in [1.165, 1.54) is 0 Å². The van der Waals surface area contributed by atoms with Crippen molar-refractivity contribution in [2.75, 3.05) is 36.1 Å². The molecule has 10 nitrogen and oxygen atoms in total. The molecule has 0 amide bonds. The molecule has 81 heavy (non-hydrogen) atoms. The van der Waals surface area contributed by atoms with E-state index in [1.54, 1.807) is 0 Å². The van der Waals surface area contributed by atoms with E-state index in [0.29, 0.717) is 38.5 Å². The number of nitrogens with zero attached hydrogens (tertiary/aromatic N) is 8. The van der Waals surface area contributed by atoms with E-state index in [9.17, 15) is 61.5 Å². The molecule has 0 N–H and O–H groups in total. The van der Waals surface area contributed by atoms with Crippen LogP contribution in [0.2, 0.25) is 0 Å². The number of hydrogen-bond donors (Lipinski definition) is 0. The molecule has 9 aliphatic rings. The highest BCUT2D eigenvalue weighted by atomic mass is 19.4. The third-order valence-electron chi connectivity index (χ3n) is 17.3. The number of anilines is 4. The fraction of sp³-hybridized carbons (Fsp3) is 0.745. The van der Waals surface area contributed by atoms with Gasteiger partial charge in [0.15, 0.2) is 18.6 Å². The van der Waals surface area contributed by atoms with Crippen LogP contribution in [0.4, 0.5) is 129 Å². The number of benzene rings is 1. The minimum absolute atomic E-state index is 0.0848. The average molecular weight is 1210 g/mol. The largest absolute Gasteiger partial charge is 0.460 e. The first kappa shape index (κ1) is 58.9. The van der Waals surface area contributed by atoms with Gasteiger partial charge in [0, 0.05) is 10.8 Å². The predicted molar refractivity (Wildman–Crippen MR) is 227 cm³/mol. The van der Waals surface area contributed by atoms with E-state index in [1.807, 2.05) is 0 Å². The van der Waals surface area contributed by atoms with Crippen LogP contribution in [0, 0.1) is 40.9 Å². The Hall–Kier alpha value is -5.24. The highest BCUT2D eigenvalue weighted by Crippen LogP contribution is 2.64. The molecule has 0 radical (unpaired) electrons. The predicted octanol–water partition coefficient (Wildman–Crippen LogP) is 14.1. The molecule has 0 spiro atoms. The maximum absolute atomic E-state index is 16.0. The van der Waals surface area contributed by atoms with Crippen LogP contribution in [0.25, 0.3) is 0 Å². The van der Waals surface area contributed by atoms with E-state index in [4.69, 9.17) is 0 Å². The number of ether oxygens (including phenoxy) is 2. The number of rotatable bonds is 14. The molecular formula is C47H42F24N8O2. The maximum Gasteiger partial charge on any atom is 0.460 e. The summed E-state index contributed by atoms with van der Waals surface area (Å²) in [7, 11) is 0. The van der Waals surface area contributed by atoms with E-state index in [0.717, 1.165) is 24.3 Å². The quantitative estimate of drug-likeness (QED) is 0.145. The second kappa shape index (κ2) is 18.4. The van der Waals surface area contributed by atoms with Gasteiger partial charge in [-0.1, -0.05) is 12.1 Å². The Kier molecular flexibility index (Phi) is 13.4. The first-order valence-corrected chi connectivity index (χ1v) is 24.9. The molecule has 1 aliphatic heterocycles. The lowest BCUT2D eigenvalue weighted by molar-refractivity contribution is -0.398. The molecule has 8 saturated carbocycles. The number of para-hydroxylation sites is 2.